The first-order chi connectivity index (χ1) is 15.4. The zero-order valence-corrected chi connectivity index (χ0v) is 20.6. The van der Waals surface area contributed by atoms with Crippen LogP contribution in [-0.4, -0.2) is 41.0 Å². The van der Waals surface area contributed by atoms with Crippen LogP contribution in [0.4, 0.5) is 10.5 Å². The normalized spacial score (nSPS) is 12.9. The number of nitrogens with one attached hydrogen (secondary N) is 2. The van der Waals surface area contributed by atoms with Crippen LogP contribution in [0.5, 0.6) is 0 Å². The molecule has 7 heteroatoms. The number of rotatable bonds is 7. The molecule has 0 aliphatic heterocycles. The van der Waals surface area contributed by atoms with E-state index in [1.165, 1.54) is 4.90 Å². The van der Waals surface area contributed by atoms with E-state index in [2.05, 4.69) is 10.6 Å². The van der Waals surface area contributed by atoms with E-state index in [1.807, 2.05) is 69.3 Å². The summed E-state index contributed by atoms with van der Waals surface area (Å²) < 4.78 is 5.28. The minimum atomic E-state index is -0.877. The molecule has 2 aromatic carbocycles. The number of para-hydroxylation sites is 1. The fourth-order valence-corrected chi connectivity index (χ4v) is 3.52. The average molecular weight is 454 g/mol. The summed E-state index contributed by atoms with van der Waals surface area (Å²) in [7, 11) is 0. The number of likely N-dealkylation sites (N-methyl/N-ethyl adjacent to an activating group) is 1. The van der Waals surface area contributed by atoms with Gasteiger partial charge >= 0.3 is 6.09 Å². The van der Waals surface area contributed by atoms with Gasteiger partial charge in [0.1, 0.15) is 17.7 Å². The first-order valence-electron chi connectivity index (χ1n) is 11.2. The van der Waals surface area contributed by atoms with Crippen molar-refractivity contribution in [1.29, 1.82) is 0 Å². The summed E-state index contributed by atoms with van der Waals surface area (Å²) in [5.41, 5.74) is 2.53. The lowest BCUT2D eigenvalue weighted by Crippen LogP contribution is -2.51. The second-order valence-electron chi connectivity index (χ2n) is 9.06. The lowest BCUT2D eigenvalue weighted by molar-refractivity contribution is -0.140. The molecule has 2 N–H and O–H groups in total. The molecule has 0 fully saturated rings. The molecular formula is C26H35N3O4. The number of alkyl carbamates (subject to hydrolysis) is 1. The number of nitrogens with zero attached hydrogens (tertiary/aromatic N) is 1. The summed E-state index contributed by atoms with van der Waals surface area (Å²) in [5, 5.41) is 5.56. The van der Waals surface area contributed by atoms with Gasteiger partial charge in [-0.2, -0.15) is 0 Å². The van der Waals surface area contributed by atoms with Gasteiger partial charge < -0.3 is 20.3 Å². The predicted octanol–water partition coefficient (Wildman–Crippen LogP) is 4.74. The van der Waals surface area contributed by atoms with Crippen LogP contribution in [0.2, 0.25) is 0 Å². The van der Waals surface area contributed by atoms with E-state index < -0.39 is 23.8 Å². The van der Waals surface area contributed by atoms with Crippen molar-refractivity contribution in [3.05, 3.63) is 65.2 Å². The molecule has 2 aromatic rings. The van der Waals surface area contributed by atoms with Gasteiger partial charge in [-0.05, 0) is 71.2 Å². The van der Waals surface area contributed by atoms with Crippen molar-refractivity contribution in [1.82, 2.24) is 10.2 Å². The van der Waals surface area contributed by atoms with E-state index in [0.717, 1.165) is 16.7 Å². The van der Waals surface area contributed by atoms with Crippen LogP contribution in [0.1, 0.15) is 57.4 Å². The summed E-state index contributed by atoms with van der Waals surface area (Å²) in [6.07, 6.45) is -0.684. The highest BCUT2D eigenvalue weighted by atomic mass is 16.6. The Balaban J connectivity index is 2.36. The molecule has 3 amide bonds. The van der Waals surface area contributed by atoms with Crippen LogP contribution in [0, 0.1) is 13.8 Å². The maximum atomic E-state index is 13.5. The standard InChI is InChI=1S/C26H35N3O4/c1-8-29(24(31)19(4)27-25(32)33-26(5,6)7)22(20-15-11-9-13-17(20)2)23(30)28-21-16-12-10-14-18(21)3/h9-16,19,22H,8H2,1-7H3,(H,27,32)(H,28,30). The van der Waals surface area contributed by atoms with E-state index in [4.69, 9.17) is 4.74 Å². The smallest absolute Gasteiger partial charge is 0.408 e. The Morgan fingerprint density at radius 2 is 1.55 bits per heavy atom. The molecule has 2 rings (SSSR count). The molecule has 0 aliphatic carbocycles. The number of ether oxygens (including phenoxy) is 1. The number of amides is 3. The van der Waals surface area contributed by atoms with Crippen LogP contribution in [0.3, 0.4) is 0 Å². The summed E-state index contributed by atoms with van der Waals surface area (Å²) >= 11 is 0. The number of carbonyl (C=O) groups is 3. The average Bonchev–Trinajstić information content (AvgIpc) is 2.72. The first kappa shape index (κ1) is 25.9. The van der Waals surface area contributed by atoms with Crippen molar-refractivity contribution in [2.75, 3.05) is 11.9 Å². The maximum absolute atomic E-state index is 13.5. The molecule has 2 atom stereocenters. The Morgan fingerprint density at radius 1 is 0.970 bits per heavy atom. The van der Waals surface area contributed by atoms with E-state index in [9.17, 15) is 14.4 Å². The third-order valence-corrected chi connectivity index (χ3v) is 5.17. The topological polar surface area (TPSA) is 87.7 Å². The van der Waals surface area contributed by atoms with Gasteiger partial charge in [-0.1, -0.05) is 42.5 Å². The minimum Gasteiger partial charge on any atom is -0.444 e. The zero-order chi connectivity index (χ0) is 24.8. The molecule has 0 radical (unpaired) electrons. The molecule has 0 heterocycles. The van der Waals surface area contributed by atoms with Crippen molar-refractivity contribution in [2.45, 2.75) is 66.2 Å². The molecule has 0 aliphatic rings. The van der Waals surface area contributed by atoms with Crippen molar-refractivity contribution in [3.8, 4) is 0 Å². The third kappa shape index (κ3) is 7.07. The fraction of sp³-hybridized carbons (Fsp3) is 0.423. The van der Waals surface area contributed by atoms with Gasteiger partial charge in [0.05, 0.1) is 0 Å². The van der Waals surface area contributed by atoms with Gasteiger partial charge in [0, 0.05) is 12.2 Å². The fourth-order valence-electron chi connectivity index (χ4n) is 3.52. The van der Waals surface area contributed by atoms with Crippen LogP contribution >= 0.6 is 0 Å². The van der Waals surface area contributed by atoms with Crippen LogP contribution in [0.15, 0.2) is 48.5 Å². The van der Waals surface area contributed by atoms with Crippen molar-refractivity contribution >= 4 is 23.6 Å². The maximum Gasteiger partial charge on any atom is 0.408 e. The Labute approximate surface area is 196 Å². The molecule has 33 heavy (non-hydrogen) atoms. The van der Waals surface area contributed by atoms with Gasteiger partial charge in [-0.15, -0.1) is 0 Å². The van der Waals surface area contributed by atoms with Gasteiger partial charge in [0.25, 0.3) is 5.91 Å². The number of hydrogen-bond donors (Lipinski definition) is 2. The van der Waals surface area contributed by atoms with Gasteiger partial charge in [0.15, 0.2) is 0 Å². The quantitative estimate of drug-likeness (QED) is 0.634. The molecule has 0 spiro atoms. The van der Waals surface area contributed by atoms with E-state index in [-0.39, 0.29) is 18.4 Å². The molecule has 0 saturated heterocycles. The minimum absolute atomic E-state index is 0.277. The van der Waals surface area contributed by atoms with Crippen LogP contribution in [0.25, 0.3) is 0 Å². The number of aryl methyl sites for hydroxylation is 2. The first-order valence-corrected chi connectivity index (χ1v) is 11.2. The van der Waals surface area contributed by atoms with Crippen molar-refractivity contribution < 1.29 is 19.1 Å². The summed E-state index contributed by atoms with van der Waals surface area (Å²) in [6, 6.07) is 13.2. The Hall–Kier alpha value is -3.35. The summed E-state index contributed by atoms with van der Waals surface area (Å²) in [6.45, 7) is 12.7. The molecule has 0 saturated carbocycles. The molecule has 178 valence electrons. The van der Waals surface area contributed by atoms with Crippen molar-refractivity contribution in [2.24, 2.45) is 0 Å². The number of hydrogen-bond acceptors (Lipinski definition) is 4. The largest absolute Gasteiger partial charge is 0.444 e. The predicted molar refractivity (Wildman–Crippen MR) is 130 cm³/mol. The third-order valence-electron chi connectivity index (χ3n) is 5.17. The molecule has 2 unspecified atom stereocenters. The van der Waals surface area contributed by atoms with E-state index >= 15 is 0 Å². The van der Waals surface area contributed by atoms with Crippen LogP contribution < -0.4 is 10.6 Å². The highest BCUT2D eigenvalue weighted by molar-refractivity contribution is 5.99. The van der Waals surface area contributed by atoms with Gasteiger partial charge in [0.2, 0.25) is 5.91 Å². The second kappa shape index (κ2) is 11.0. The lowest BCUT2D eigenvalue weighted by Gasteiger charge is -2.33. The van der Waals surface area contributed by atoms with Crippen molar-refractivity contribution in [3.63, 3.8) is 0 Å². The van der Waals surface area contributed by atoms with E-state index in [1.54, 1.807) is 27.7 Å². The number of anilines is 1. The van der Waals surface area contributed by atoms with Crippen LogP contribution in [-0.2, 0) is 14.3 Å². The highest BCUT2D eigenvalue weighted by Gasteiger charge is 2.34. The Bertz CT molecular complexity index is 997. The SMILES string of the molecule is CCN(C(=O)C(C)NC(=O)OC(C)(C)C)C(C(=O)Nc1ccccc1C)c1ccccc1C. The molecule has 0 aromatic heterocycles. The zero-order valence-electron chi connectivity index (χ0n) is 20.6. The summed E-state index contributed by atoms with van der Waals surface area (Å²) in [5.74, 6) is -0.699. The Kier molecular flexibility index (Phi) is 8.63. The number of benzene rings is 2. The van der Waals surface area contributed by atoms with E-state index in [0.29, 0.717) is 5.69 Å². The monoisotopic (exact) mass is 453 g/mol. The number of carbonyl (C=O) groups excluding carboxylic acids is 3. The lowest BCUT2D eigenvalue weighted by atomic mass is 9.98. The highest BCUT2D eigenvalue weighted by Crippen LogP contribution is 2.27. The van der Waals surface area contributed by atoms with Gasteiger partial charge in [-0.3, -0.25) is 9.59 Å². The van der Waals surface area contributed by atoms with Gasteiger partial charge in [-0.25, -0.2) is 4.79 Å². The molecule has 7 nitrogen and oxygen atoms in total. The molecule has 0 bridgehead atoms. The second-order valence-corrected chi connectivity index (χ2v) is 9.06. The Morgan fingerprint density at radius 3 is 2.09 bits per heavy atom. The summed E-state index contributed by atoms with van der Waals surface area (Å²) in [4.78, 5) is 40.6. The molecular weight excluding hydrogens is 418 g/mol.